The molecule has 1 amide bonds. The number of nitrogens with one attached hydrogen (secondary N) is 1. The fraction of sp³-hybridized carbons (Fsp3) is 0.125. The minimum absolute atomic E-state index is 0.0711. The van der Waals surface area contributed by atoms with Crippen LogP contribution < -0.4 is 10.6 Å². The standard InChI is InChI=1S/C8H8N4O4S2/c9-7(13)4-16-12-18(14,15)6-3-1-2-5-8(6)11-17-10-5/h1-3,12H,4H2,(H2,9,13). The molecule has 2 rings (SSSR count). The average molecular weight is 288 g/mol. The molecular formula is C8H8N4O4S2. The SMILES string of the molecule is NC(=O)CONS(=O)(=O)c1cccc2c1N=S=N2. The number of benzene rings is 1. The summed E-state index contributed by atoms with van der Waals surface area (Å²) >= 11 is 0.905. The van der Waals surface area contributed by atoms with Crippen LogP contribution in [0.3, 0.4) is 0 Å². The van der Waals surface area contributed by atoms with Crippen molar-refractivity contribution in [2.75, 3.05) is 6.61 Å². The molecule has 1 aliphatic rings. The molecule has 0 aliphatic carbocycles. The van der Waals surface area contributed by atoms with E-state index in [9.17, 15) is 13.2 Å². The maximum Gasteiger partial charge on any atom is 0.264 e. The van der Waals surface area contributed by atoms with E-state index in [2.05, 4.69) is 13.6 Å². The summed E-state index contributed by atoms with van der Waals surface area (Å²) in [6, 6.07) is 4.54. The molecule has 1 heterocycles. The highest BCUT2D eigenvalue weighted by Gasteiger charge is 2.22. The van der Waals surface area contributed by atoms with E-state index in [0.717, 1.165) is 11.4 Å². The predicted molar refractivity (Wildman–Crippen MR) is 63.5 cm³/mol. The highest BCUT2D eigenvalue weighted by Crippen LogP contribution is 2.37. The molecule has 3 N–H and O–H groups in total. The van der Waals surface area contributed by atoms with Gasteiger partial charge in [0.1, 0.15) is 22.9 Å². The fourth-order valence-electron chi connectivity index (χ4n) is 1.22. The van der Waals surface area contributed by atoms with Gasteiger partial charge in [0.25, 0.3) is 10.0 Å². The van der Waals surface area contributed by atoms with Gasteiger partial charge in [-0.1, -0.05) is 11.0 Å². The van der Waals surface area contributed by atoms with Crippen LogP contribution in [-0.2, 0) is 31.0 Å². The Morgan fingerprint density at radius 3 is 2.94 bits per heavy atom. The summed E-state index contributed by atoms with van der Waals surface area (Å²) in [5.41, 5.74) is 5.53. The van der Waals surface area contributed by atoms with Gasteiger partial charge in [-0.2, -0.15) is 8.73 Å². The van der Waals surface area contributed by atoms with Crippen molar-refractivity contribution in [2.24, 2.45) is 14.5 Å². The monoisotopic (exact) mass is 288 g/mol. The van der Waals surface area contributed by atoms with Crippen molar-refractivity contribution < 1.29 is 18.0 Å². The number of hydrogen-bond acceptors (Lipinski definition) is 6. The molecule has 0 aromatic heterocycles. The van der Waals surface area contributed by atoms with Crippen molar-refractivity contribution in [2.45, 2.75) is 4.90 Å². The number of fused-ring (bicyclic) bond motifs is 1. The lowest BCUT2D eigenvalue weighted by molar-refractivity contribution is -0.123. The molecule has 0 atom stereocenters. The van der Waals surface area contributed by atoms with Crippen molar-refractivity contribution >= 4 is 38.7 Å². The number of sulfonamides is 1. The van der Waals surface area contributed by atoms with E-state index in [1.165, 1.54) is 12.1 Å². The van der Waals surface area contributed by atoms with E-state index in [4.69, 9.17) is 5.73 Å². The van der Waals surface area contributed by atoms with E-state index in [-0.39, 0.29) is 10.6 Å². The van der Waals surface area contributed by atoms with Crippen LogP contribution in [0.1, 0.15) is 0 Å². The van der Waals surface area contributed by atoms with Crippen LogP contribution in [0.2, 0.25) is 0 Å². The summed E-state index contributed by atoms with van der Waals surface area (Å²) in [5.74, 6) is -0.786. The van der Waals surface area contributed by atoms with Crippen LogP contribution in [0.15, 0.2) is 31.8 Å². The number of nitrogens with two attached hydrogens (primary N) is 1. The molecule has 1 aromatic carbocycles. The third kappa shape index (κ3) is 2.61. The zero-order chi connectivity index (χ0) is 13.2. The molecule has 0 spiro atoms. The number of carbonyl (C=O) groups excluding carboxylic acids is 1. The summed E-state index contributed by atoms with van der Waals surface area (Å²) in [4.78, 5) is 16.6. The highest BCUT2D eigenvalue weighted by molar-refractivity contribution is 7.89. The Kier molecular flexibility index (Phi) is 3.52. The Morgan fingerprint density at radius 1 is 1.44 bits per heavy atom. The maximum atomic E-state index is 11.9. The largest absolute Gasteiger partial charge is 0.368 e. The van der Waals surface area contributed by atoms with Crippen molar-refractivity contribution in [3.05, 3.63) is 18.2 Å². The van der Waals surface area contributed by atoms with Gasteiger partial charge in [-0.25, -0.2) is 8.42 Å². The molecule has 18 heavy (non-hydrogen) atoms. The summed E-state index contributed by atoms with van der Waals surface area (Å²) in [5, 5.41) is 0. The van der Waals surface area contributed by atoms with Crippen molar-refractivity contribution in [1.29, 1.82) is 0 Å². The second-order valence-electron chi connectivity index (χ2n) is 3.23. The Morgan fingerprint density at radius 2 is 2.22 bits per heavy atom. The quantitative estimate of drug-likeness (QED) is 0.758. The first-order valence-electron chi connectivity index (χ1n) is 4.64. The number of amides is 1. The first-order chi connectivity index (χ1) is 8.50. The van der Waals surface area contributed by atoms with E-state index >= 15 is 0 Å². The minimum Gasteiger partial charge on any atom is -0.368 e. The smallest absolute Gasteiger partial charge is 0.264 e. The van der Waals surface area contributed by atoms with E-state index in [1.807, 2.05) is 0 Å². The van der Waals surface area contributed by atoms with Crippen LogP contribution in [0.5, 0.6) is 0 Å². The van der Waals surface area contributed by atoms with Gasteiger partial charge in [0.05, 0.1) is 11.4 Å². The summed E-state index contributed by atoms with van der Waals surface area (Å²) in [6.45, 7) is -0.551. The van der Waals surface area contributed by atoms with E-state index < -0.39 is 22.5 Å². The Labute approximate surface area is 106 Å². The summed E-state index contributed by atoms with van der Waals surface area (Å²) in [7, 11) is -3.93. The zero-order valence-electron chi connectivity index (χ0n) is 8.86. The van der Waals surface area contributed by atoms with Crippen LogP contribution in [0, 0.1) is 0 Å². The number of nitrogens with zero attached hydrogens (tertiary/aromatic N) is 2. The first-order valence-corrected chi connectivity index (χ1v) is 6.85. The number of primary amides is 1. The lowest BCUT2D eigenvalue weighted by atomic mass is 10.3. The second kappa shape index (κ2) is 4.94. The summed E-state index contributed by atoms with van der Waals surface area (Å²) < 4.78 is 31.6. The Balaban J connectivity index is 2.24. The van der Waals surface area contributed by atoms with Crippen molar-refractivity contribution in [3.8, 4) is 0 Å². The molecule has 0 bridgehead atoms. The van der Waals surface area contributed by atoms with Gasteiger partial charge in [0.2, 0.25) is 5.91 Å². The van der Waals surface area contributed by atoms with Gasteiger partial charge in [-0.15, -0.1) is 0 Å². The van der Waals surface area contributed by atoms with Gasteiger partial charge in [-0.3, -0.25) is 9.63 Å². The van der Waals surface area contributed by atoms with Crippen LogP contribution in [0.25, 0.3) is 0 Å². The van der Waals surface area contributed by atoms with Crippen LogP contribution >= 0.6 is 0 Å². The molecule has 96 valence electrons. The molecule has 0 radical (unpaired) electrons. The Bertz CT molecular complexity index is 664. The fourth-order valence-corrected chi connectivity index (χ4v) is 2.80. The molecule has 0 unspecified atom stereocenters. The van der Waals surface area contributed by atoms with Gasteiger partial charge < -0.3 is 5.73 Å². The predicted octanol–water partition coefficient (Wildman–Crippen LogP) is 0.108. The molecule has 0 saturated heterocycles. The average Bonchev–Trinajstić information content (AvgIpc) is 2.75. The van der Waals surface area contributed by atoms with Crippen LogP contribution in [-0.4, -0.2) is 20.9 Å². The molecule has 0 saturated carbocycles. The Hall–Kier alpha value is -1.62. The summed E-state index contributed by atoms with van der Waals surface area (Å²) in [6.07, 6.45) is 0. The van der Waals surface area contributed by atoms with Crippen molar-refractivity contribution in [3.63, 3.8) is 0 Å². The van der Waals surface area contributed by atoms with Crippen LogP contribution in [0.4, 0.5) is 11.4 Å². The number of carbonyl (C=O) groups is 1. The first kappa shape index (κ1) is 12.8. The van der Waals surface area contributed by atoms with Gasteiger partial charge >= 0.3 is 0 Å². The number of rotatable bonds is 5. The molecular weight excluding hydrogens is 280 g/mol. The van der Waals surface area contributed by atoms with E-state index in [0.29, 0.717) is 5.69 Å². The van der Waals surface area contributed by atoms with Gasteiger partial charge in [0, 0.05) is 0 Å². The normalized spacial score (nSPS) is 13.1. The van der Waals surface area contributed by atoms with E-state index in [1.54, 1.807) is 11.0 Å². The minimum atomic E-state index is -3.93. The second-order valence-corrected chi connectivity index (χ2v) is 5.37. The number of hydrogen-bond donors (Lipinski definition) is 2. The third-order valence-electron chi connectivity index (χ3n) is 1.92. The molecule has 1 aliphatic heterocycles. The molecule has 1 aromatic rings. The van der Waals surface area contributed by atoms with Gasteiger partial charge in [-0.05, 0) is 12.1 Å². The molecule has 0 fully saturated rings. The zero-order valence-corrected chi connectivity index (χ0v) is 10.5. The topological polar surface area (TPSA) is 123 Å². The van der Waals surface area contributed by atoms with Gasteiger partial charge in [0.15, 0.2) is 0 Å². The molecule has 10 heteroatoms. The third-order valence-corrected chi connectivity index (χ3v) is 3.71. The maximum absolute atomic E-state index is 11.9. The lowest BCUT2D eigenvalue weighted by Gasteiger charge is -2.07. The molecule has 8 nitrogen and oxygen atoms in total. The highest BCUT2D eigenvalue weighted by atomic mass is 32.2. The lowest BCUT2D eigenvalue weighted by Crippen LogP contribution is -2.29. The van der Waals surface area contributed by atoms with Crippen molar-refractivity contribution in [1.82, 2.24) is 4.89 Å².